The summed E-state index contributed by atoms with van der Waals surface area (Å²) in [5.41, 5.74) is 8.24. The smallest absolute Gasteiger partial charge is 0.123 e. The van der Waals surface area contributed by atoms with Gasteiger partial charge in [-0.15, -0.1) is 0 Å². The van der Waals surface area contributed by atoms with Gasteiger partial charge >= 0.3 is 0 Å². The number of aliphatic hydroxyl groups excluding tert-OH is 1. The van der Waals surface area contributed by atoms with Crippen molar-refractivity contribution in [1.82, 2.24) is 0 Å². The van der Waals surface area contributed by atoms with Crippen molar-refractivity contribution in [3.05, 3.63) is 70.0 Å². The zero-order valence-electron chi connectivity index (χ0n) is 11.2. The van der Waals surface area contributed by atoms with Gasteiger partial charge in [0.2, 0.25) is 0 Å². The van der Waals surface area contributed by atoms with Gasteiger partial charge in [0.15, 0.2) is 0 Å². The summed E-state index contributed by atoms with van der Waals surface area (Å²) in [4.78, 5) is 0. The molecule has 0 aromatic heterocycles. The van der Waals surface area contributed by atoms with Crippen LogP contribution in [0, 0.1) is 12.7 Å². The first-order chi connectivity index (χ1) is 9.52. The lowest BCUT2D eigenvalue weighted by atomic mass is 9.89. The standard InChI is InChI=1S/C16H17ClFNO/c1-10-8-12(4-7-15(10)17)16(20)14(9-19)11-2-5-13(18)6-3-11/h2-8,14,16,20H,9,19H2,1H3. The number of rotatable bonds is 4. The largest absolute Gasteiger partial charge is 0.388 e. The van der Waals surface area contributed by atoms with Crippen LogP contribution in [0.25, 0.3) is 0 Å². The molecule has 4 heteroatoms. The Balaban J connectivity index is 2.30. The van der Waals surface area contributed by atoms with Crippen molar-refractivity contribution in [2.45, 2.75) is 18.9 Å². The molecule has 2 aromatic carbocycles. The lowest BCUT2D eigenvalue weighted by molar-refractivity contribution is 0.147. The molecule has 0 bridgehead atoms. The topological polar surface area (TPSA) is 46.2 Å². The van der Waals surface area contributed by atoms with Gasteiger partial charge in [-0.3, -0.25) is 0 Å². The van der Waals surface area contributed by atoms with E-state index in [1.807, 2.05) is 13.0 Å². The maximum atomic E-state index is 13.0. The summed E-state index contributed by atoms with van der Waals surface area (Å²) in [6.07, 6.45) is -0.749. The summed E-state index contributed by atoms with van der Waals surface area (Å²) < 4.78 is 13.0. The molecule has 0 aliphatic rings. The quantitative estimate of drug-likeness (QED) is 0.905. The number of aliphatic hydroxyl groups is 1. The van der Waals surface area contributed by atoms with Crippen LogP contribution in [0.4, 0.5) is 4.39 Å². The molecule has 20 heavy (non-hydrogen) atoms. The van der Waals surface area contributed by atoms with Gasteiger partial charge in [-0.05, 0) is 41.8 Å². The molecule has 2 atom stereocenters. The van der Waals surface area contributed by atoms with Crippen molar-refractivity contribution in [1.29, 1.82) is 0 Å². The third kappa shape index (κ3) is 3.18. The second kappa shape index (κ2) is 6.35. The van der Waals surface area contributed by atoms with Crippen LogP contribution in [-0.2, 0) is 0 Å². The van der Waals surface area contributed by atoms with E-state index in [0.717, 1.165) is 16.7 Å². The Morgan fingerprint density at radius 1 is 1.15 bits per heavy atom. The fourth-order valence-corrected chi connectivity index (χ4v) is 2.36. The Hall–Kier alpha value is -1.42. The molecule has 0 amide bonds. The van der Waals surface area contributed by atoms with Gasteiger partial charge in [-0.2, -0.15) is 0 Å². The molecular formula is C16H17ClFNO. The van der Waals surface area contributed by atoms with E-state index >= 15 is 0 Å². The van der Waals surface area contributed by atoms with E-state index in [1.165, 1.54) is 12.1 Å². The summed E-state index contributed by atoms with van der Waals surface area (Å²) in [5.74, 6) is -0.586. The Morgan fingerprint density at radius 3 is 2.30 bits per heavy atom. The van der Waals surface area contributed by atoms with Gasteiger partial charge in [0.05, 0.1) is 6.10 Å². The predicted octanol–water partition coefficient (Wildman–Crippen LogP) is 3.56. The number of hydrogen-bond acceptors (Lipinski definition) is 2. The maximum Gasteiger partial charge on any atom is 0.123 e. The second-order valence-electron chi connectivity index (χ2n) is 4.85. The van der Waals surface area contributed by atoms with Crippen molar-refractivity contribution in [3.8, 4) is 0 Å². The zero-order chi connectivity index (χ0) is 14.7. The van der Waals surface area contributed by atoms with Crippen LogP contribution in [0.1, 0.15) is 28.7 Å². The molecule has 2 rings (SSSR count). The molecule has 0 saturated heterocycles. The van der Waals surface area contributed by atoms with E-state index in [0.29, 0.717) is 5.02 Å². The third-order valence-electron chi connectivity index (χ3n) is 3.46. The van der Waals surface area contributed by atoms with Crippen molar-refractivity contribution in [2.24, 2.45) is 5.73 Å². The van der Waals surface area contributed by atoms with Crippen molar-refractivity contribution in [3.63, 3.8) is 0 Å². The van der Waals surface area contributed by atoms with E-state index in [-0.39, 0.29) is 18.3 Å². The number of halogens is 2. The number of hydrogen-bond donors (Lipinski definition) is 2. The highest BCUT2D eigenvalue weighted by Crippen LogP contribution is 2.31. The van der Waals surface area contributed by atoms with Gasteiger partial charge in [0, 0.05) is 17.5 Å². The van der Waals surface area contributed by atoms with Crippen LogP contribution >= 0.6 is 11.6 Å². The highest BCUT2D eigenvalue weighted by atomic mass is 35.5. The number of benzene rings is 2. The SMILES string of the molecule is Cc1cc(C(O)C(CN)c2ccc(F)cc2)ccc1Cl. The molecule has 0 saturated carbocycles. The first-order valence-electron chi connectivity index (χ1n) is 6.42. The molecule has 0 aliphatic heterocycles. The summed E-state index contributed by atoms with van der Waals surface area (Å²) in [6.45, 7) is 2.16. The van der Waals surface area contributed by atoms with Crippen LogP contribution in [0.15, 0.2) is 42.5 Å². The number of aryl methyl sites for hydroxylation is 1. The first-order valence-corrected chi connectivity index (χ1v) is 6.80. The van der Waals surface area contributed by atoms with Gasteiger partial charge < -0.3 is 10.8 Å². The minimum atomic E-state index is -0.749. The molecule has 0 aliphatic carbocycles. The van der Waals surface area contributed by atoms with Crippen molar-refractivity contribution >= 4 is 11.6 Å². The summed E-state index contributed by atoms with van der Waals surface area (Å²) in [7, 11) is 0. The van der Waals surface area contributed by atoms with Crippen LogP contribution in [-0.4, -0.2) is 11.7 Å². The fourth-order valence-electron chi connectivity index (χ4n) is 2.24. The Labute approximate surface area is 123 Å². The van der Waals surface area contributed by atoms with E-state index in [2.05, 4.69) is 0 Å². The molecular weight excluding hydrogens is 277 g/mol. The molecule has 0 spiro atoms. The van der Waals surface area contributed by atoms with Crippen LogP contribution < -0.4 is 5.73 Å². The fraction of sp³-hybridized carbons (Fsp3) is 0.250. The average Bonchev–Trinajstić information content (AvgIpc) is 2.44. The van der Waals surface area contributed by atoms with Gasteiger partial charge in [0.1, 0.15) is 5.82 Å². The summed E-state index contributed by atoms with van der Waals surface area (Å²) in [5, 5.41) is 11.2. The van der Waals surface area contributed by atoms with Crippen LogP contribution in [0.2, 0.25) is 5.02 Å². The van der Waals surface area contributed by atoms with Crippen molar-refractivity contribution in [2.75, 3.05) is 6.54 Å². The van der Waals surface area contributed by atoms with Crippen molar-refractivity contribution < 1.29 is 9.50 Å². The van der Waals surface area contributed by atoms with E-state index in [4.69, 9.17) is 17.3 Å². The lowest BCUT2D eigenvalue weighted by Gasteiger charge is -2.23. The molecule has 0 fully saturated rings. The second-order valence-corrected chi connectivity index (χ2v) is 5.25. The Kier molecular flexibility index (Phi) is 4.76. The van der Waals surface area contributed by atoms with E-state index in [9.17, 15) is 9.50 Å². The summed E-state index contributed by atoms with van der Waals surface area (Å²) in [6, 6.07) is 11.4. The van der Waals surface area contributed by atoms with E-state index < -0.39 is 6.10 Å². The lowest BCUT2D eigenvalue weighted by Crippen LogP contribution is -2.20. The van der Waals surface area contributed by atoms with Crippen LogP contribution in [0.5, 0.6) is 0 Å². The monoisotopic (exact) mass is 293 g/mol. The highest BCUT2D eigenvalue weighted by molar-refractivity contribution is 6.31. The maximum absolute atomic E-state index is 13.0. The minimum Gasteiger partial charge on any atom is -0.388 e. The van der Waals surface area contributed by atoms with E-state index in [1.54, 1.807) is 24.3 Å². The zero-order valence-corrected chi connectivity index (χ0v) is 11.9. The highest BCUT2D eigenvalue weighted by Gasteiger charge is 2.21. The predicted molar refractivity (Wildman–Crippen MR) is 79.3 cm³/mol. The normalized spacial score (nSPS) is 14.1. The molecule has 106 valence electrons. The summed E-state index contributed by atoms with van der Waals surface area (Å²) >= 11 is 5.99. The molecule has 0 radical (unpaired) electrons. The number of nitrogens with two attached hydrogens (primary N) is 1. The van der Waals surface area contributed by atoms with Gasteiger partial charge in [0.25, 0.3) is 0 Å². The molecule has 2 unspecified atom stereocenters. The molecule has 0 heterocycles. The molecule has 2 aromatic rings. The van der Waals surface area contributed by atoms with Gasteiger partial charge in [-0.1, -0.05) is 35.9 Å². The molecule has 2 nitrogen and oxygen atoms in total. The third-order valence-corrected chi connectivity index (χ3v) is 3.88. The van der Waals surface area contributed by atoms with Crippen LogP contribution in [0.3, 0.4) is 0 Å². The first kappa shape index (κ1) is 15.0. The Morgan fingerprint density at radius 2 is 1.75 bits per heavy atom. The molecule has 3 N–H and O–H groups in total. The minimum absolute atomic E-state index is 0.272. The average molecular weight is 294 g/mol. The Bertz CT molecular complexity index is 586. The van der Waals surface area contributed by atoms with Gasteiger partial charge in [-0.25, -0.2) is 4.39 Å².